The van der Waals surface area contributed by atoms with Gasteiger partial charge in [-0.3, -0.25) is 4.90 Å². The summed E-state index contributed by atoms with van der Waals surface area (Å²) in [5.41, 5.74) is 4.58. The molecule has 0 radical (unpaired) electrons. The van der Waals surface area contributed by atoms with Gasteiger partial charge in [-0.1, -0.05) is 39.0 Å². The van der Waals surface area contributed by atoms with Crippen LogP contribution in [-0.2, 0) is 11.2 Å². The second kappa shape index (κ2) is 8.98. The first-order valence-electron chi connectivity index (χ1n) is 12.3. The van der Waals surface area contributed by atoms with E-state index in [0.29, 0.717) is 18.4 Å². The molecule has 2 aromatic rings. The molecule has 1 aromatic heterocycles. The number of carbonyl (C=O) groups is 1. The Labute approximate surface area is 196 Å². The Kier molecular flexibility index (Phi) is 6.04. The minimum Gasteiger partial charge on any atom is -0.478 e. The van der Waals surface area contributed by atoms with Gasteiger partial charge in [-0.05, 0) is 72.9 Å². The summed E-state index contributed by atoms with van der Waals surface area (Å²) in [5.74, 6) is 1.17. The first-order chi connectivity index (χ1) is 15.9. The summed E-state index contributed by atoms with van der Waals surface area (Å²) in [7, 11) is 0. The number of hydrogen-bond donors (Lipinski definition) is 1. The maximum atomic E-state index is 12.9. The molecule has 6 rings (SSSR count). The van der Waals surface area contributed by atoms with Crippen molar-refractivity contribution in [1.29, 1.82) is 0 Å². The van der Waals surface area contributed by atoms with E-state index in [1.54, 1.807) is 0 Å². The van der Waals surface area contributed by atoms with Crippen LogP contribution >= 0.6 is 0 Å². The van der Waals surface area contributed by atoms with Crippen LogP contribution in [0, 0.1) is 11.3 Å². The summed E-state index contributed by atoms with van der Waals surface area (Å²) in [6.07, 6.45) is 5.76. The van der Waals surface area contributed by atoms with Crippen molar-refractivity contribution in [2.24, 2.45) is 11.3 Å². The molecule has 6 nitrogen and oxygen atoms in total. The normalized spacial score (nSPS) is 27.1. The molecular formula is C27H35N3O3. The zero-order valence-corrected chi connectivity index (χ0v) is 20.0. The summed E-state index contributed by atoms with van der Waals surface area (Å²) in [4.78, 5) is 19.7. The number of benzene rings is 1. The molecule has 4 aliphatic rings. The molecule has 1 aromatic carbocycles. The first-order valence-corrected chi connectivity index (χ1v) is 12.3. The van der Waals surface area contributed by atoms with Crippen LogP contribution in [0.3, 0.4) is 0 Å². The molecule has 0 saturated carbocycles. The fraction of sp³-hybridized carbons (Fsp3) is 0.556. The number of nitrogens with one attached hydrogen (secondary N) is 1. The zero-order valence-electron chi connectivity index (χ0n) is 20.0. The lowest BCUT2D eigenvalue weighted by molar-refractivity contribution is -0.0348. The second-order valence-corrected chi connectivity index (χ2v) is 10.5. The van der Waals surface area contributed by atoms with E-state index in [2.05, 4.69) is 60.2 Å². The fourth-order valence-electron chi connectivity index (χ4n) is 5.68. The number of rotatable bonds is 6. The van der Waals surface area contributed by atoms with Gasteiger partial charge in [-0.2, -0.15) is 0 Å². The Balaban J connectivity index is 1.28. The molecule has 33 heavy (non-hydrogen) atoms. The number of fused-ring (bicyclic) bond motifs is 4. The first kappa shape index (κ1) is 22.2. The van der Waals surface area contributed by atoms with Crippen LogP contribution in [-0.4, -0.2) is 48.3 Å². The van der Waals surface area contributed by atoms with Gasteiger partial charge in [-0.25, -0.2) is 9.78 Å². The van der Waals surface area contributed by atoms with Crippen LogP contribution in [0.5, 0.6) is 5.88 Å². The molecular weight excluding hydrogens is 414 g/mol. The highest BCUT2D eigenvalue weighted by Crippen LogP contribution is 2.46. The number of ether oxygens (including phenoxy) is 2. The van der Waals surface area contributed by atoms with E-state index in [0.717, 1.165) is 56.4 Å². The summed E-state index contributed by atoms with van der Waals surface area (Å²) < 4.78 is 11.5. The summed E-state index contributed by atoms with van der Waals surface area (Å²) in [6, 6.07) is 10.4. The highest BCUT2D eigenvalue weighted by Gasteiger charge is 2.42. The van der Waals surface area contributed by atoms with Gasteiger partial charge in [0.25, 0.3) is 0 Å². The lowest BCUT2D eigenvalue weighted by atomic mass is 9.85. The molecule has 3 saturated heterocycles. The van der Waals surface area contributed by atoms with Gasteiger partial charge in [0.05, 0.1) is 12.6 Å². The number of hydrogen-bond acceptors (Lipinski definition) is 5. The highest BCUT2D eigenvalue weighted by atomic mass is 16.6. The Morgan fingerprint density at radius 3 is 2.64 bits per heavy atom. The van der Waals surface area contributed by atoms with Gasteiger partial charge in [0.15, 0.2) is 0 Å². The minimum absolute atomic E-state index is 0.0237. The van der Waals surface area contributed by atoms with E-state index >= 15 is 0 Å². The summed E-state index contributed by atoms with van der Waals surface area (Å²) in [6.45, 7) is 10.4. The molecule has 3 fully saturated rings. The molecule has 1 aliphatic carbocycles. The van der Waals surface area contributed by atoms with Gasteiger partial charge in [0.1, 0.15) is 6.10 Å². The summed E-state index contributed by atoms with van der Waals surface area (Å²) >= 11 is 0. The third-order valence-corrected chi connectivity index (χ3v) is 7.52. The fourth-order valence-corrected chi connectivity index (χ4v) is 5.68. The smallest absolute Gasteiger partial charge is 0.407 e. The van der Waals surface area contributed by atoms with Crippen molar-refractivity contribution in [2.75, 3.05) is 26.2 Å². The number of carbonyl (C=O) groups excluding carboxylic acids is 1. The lowest BCUT2D eigenvalue weighted by Gasteiger charge is -2.44. The van der Waals surface area contributed by atoms with Crippen molar-refractivity contribution in [1.82, 2.24) is 15.2 Å². The Hall–Kier alpha value is -2.60. The second-order valence-electron chi connectivity index (χ2n) is 10.5. The SMILES string of the molecule is CCCOc1ccc(-c2ccc3c(c2)CC(C)(C)C3NC(=O)O[C@H]2CN3CCC2CC3)cn1. The molecule has 4 heterocycles. The predicted octanol–water partition coefficient (Wildman–Crippen LogP) is 4.98. The standard InChI is InChI=1S/C27H35N3O3/c1-4-13-32-24-8-6-20(16-28-24)19-5-7-22-21(14-19)15-27(2,3)25(22)29-26(31)33-23-17-30-11-9-18(23)10-12-30/h5-8,14,16,18,23,25H,4,9-13,15,17H2,1-3H3,(H,29,31)/t23-,25?/m0/s1. The number of alkyl carbamates (subject to hydrolysis) is 1. The summed E-state index contributed by atoms with van der Waals surface area (Å²) in [5, 5.41) is 3.21. The average Bonchev–Trinajstić information content (AvgIpc) is 3.07. The van der Waals surface area contributed by atoms with Crippen LogP contribution in [0.2, 0.25) is 0 Å². The largest absolute Gasteiger partial charge is 0.478 e. The van der Waals surface area contributed by atoms with E-state index in [9.17, 15) is 4.79 Å². The minimum atomic E-state index is -0.282. The third-order valence-electron chi connectivity index (χ3n) is 7.52. The molecule has 0 spiro atoms. The maximum absolute atomic E-state index is 12.9. The van der Waals surface area contributed by atoms with Gasteiger partial charge < -0.3 is 14.8 Å². The van der Waals surface area contributed by atoms with Gasteiger partial charge in [0, 0.05) is 24.4 Å². The molecule has 1 amide bonds. The number of amides is 1. The van der Waals surface area contributed by atoms with Gasteiger partial charge >= 0.3 is 6.09 Å². The number of piperidine rings is 3. The zero-order chi connectivity index (χ0) is 23.0. The van der Waals surface area contributed by atoms with E-state index in [1.807, 2.05) is 12.3 Å². The van der Waals surface area contributed by atoms with Crippen LogP contribution in [0.1, 0.15) is 57.2 Å². The average molecular weight is 450 g/mol. The van der Waals surface area contributed by atoms with Crippen molar-refractivity contribution in [2.45, 2.75) is 58.6 Å². The Bertz CT molecular complexity index is 996. The van der Waals surface area contributed by atoms with E-state index in [-0.39, 0.29) is 23.7 Å². The molecule has 2 bridgehead atoms. The molecule has 1 unspecified atom stereocenters. The number of aromatic nitrogens is 1. The molecule has 3 aliphatic heterocycles. The van der Waals surface area contributed by atoms with Crippen LogP contribution in [0.25, 0.3) is 11.1 Å². The molecule has 2 atom stereocenters. The van der Waals surface area contributed by atoms with Gasteiger partial charge in [-0.15, -0.1) is 0 Å². The van der Waals surface area contributed by atoms with Crippen LogP contribution < -0.4 is 10.1 Å². The highest BCUT2D eigenvalue weighted by molar-refractivity contribution is 5.70. The van der Waals surface area contributed by atoms with Crippen molar-refractivity contribution < 1.29 is 14.3 Å². The van der Waals surface area contributed by atoms with E-state index < -0.39 is 0 Å². The number of pyridine rings is 1. The van der Waals surface area contributed by atoms with Gasteiger partial charge in [0.2, 0.25) is 5.88 Å². The van der Waals surface area contributed by atoms with Crippen molar-refractivity contribution >= 4 is 6.09 Å². The third kappa shape index (κ3) is 4.58. The molecule has 176 valence electrons. The number of nitrogens with zero attached hydrogens (tertiary/aromatic N) is 2. The Morgan fingerprint density at radius 1 is 1.18 bits per heavy atom. The van der Waals surface area contributed by atoms with Crippen molar-refractivity contribution in [3.63, 3.8) is 0 Å². The topological polar surface area (TPSA) is 63.7 Å². The monoisotopic (exact) mass is 449 g/mol. The maximum Gasteiger partial charge on any atom is 0.407 e. The van der Waals surface area contributed by atoms with E-state index in [4.69, 9.17) is 9.47 Å². The quantitative estimate of drug-likeness (QED) is 0.674. The predicted molar refractivity (Wildman–Crippen MR) is 128 cm³/mol. The molecule has 6 heteroatoms. The lowest BCUT2D eigenvalue weighted by Crippen LogP contribution is -2.53. The van der Waals surface area contributed by atoms with Crippen molar-refractivity contribution in [3.8, 4) is 17.0 Å². The molecule has 1 N–H and O–H groups in total. The Morgan fingerprint density at radius 2 is 1.97 bits per heavy atom. The van der Waals surface area contributed by atoms with Crippen LogP contribution in [0.4, 0.5) is 4.79 Å². The van der Waals surface area contributed by atoms with E-state index in [1.165, 1.54) is 11.1 Å². The van der Waals surface area contributed by atoms with Crippen molar-refractivity contribution in [3.05, 3.63) is 47.7 Å². The van der Waals surface area contributed by atoms with Crippen LogP contribution in [0.15, 0.2) is 36.5 Å².